The zero-order valence-electron chi connectivity index (χ0n) is 7.57. The number of ketones is 1. The first kappa shape index (κ1) is 11.8. The van der Waals surface area contributed by atoms with Crippen molar-refractivity contribution in [3.8, 4) is 0 Å². The molecular weight excluding hydrogens is 176 g/mol. The first-order valence-corrected chi connectivity index (χ1v) is 3.89. The SMILES string of the molecule is CCC(O)C(=O)OC(=O)CC(C)=O. The van der Waals surface area contributed by atoms with Crippen LogP contribution in [-0.2, 0) is 19.1 Å². The molecule has 0 aliphatic heterocycles. The molecule has 1 atom stereocenters. The van der Waals surface area contributed by atoms with Crippen molar-refractivity contribution in [2.75, 3.05) is 0 Å². The molecule has 0 aromatic rings. The quantitative estimate of drug-likeness (QED) is 0.488. The van der Waals surface area contributed by atoms with E-state index in [4.69, 9.17) is 5.11 Å². The van der Waals surface area contributed by atoms with Crippen molar-refractivity contribution < 1.29 is 24.2 Å². The standard InChI is InChI=1S/C8H12O5/c1-3-6(10)8(12)13-7(11)4-5(2)9/h6,10H,3-4H2,1-2H3. The zero-order chi connectivity index (χ0) is 10.4. The van der Waals surface area contributed by atoms with Crippen LogP contribution < -0.4 is 0 Å². The molecule has 0 radical (unpaired) electrons. The van der Waals surface area contributed by atoms with E-state index in [1.54, 1.807) is 6.92 Å². The van der Waals surface area contributed by atoms with E-state index in [-0.39, 0.29) is 12.2 Å². The van der Waals surface area contributed by atoms with Crippen molar-refractivity contribution in [3.63, 3.8) is 0 Å². The average Bonchev–Trinajstić information content (AvgIpc) is 2.01. The molecule has 0 saturated carbocycles. The molecule has 0 fully saturated rings. The molecule has 5 heteroatoms. The van der Waals surface area contributed by atoms with Crippen LogP contribution in [0.5, 0.6) is 0 Å². The van der Waals surface area contributed by atoms with Gasteiger partial charge in [0.05, 0.1) is 0 Å². The Morgan fingerprint density at radius 3 is 2.31 bits per heavy atom. The normalized spacial score (nSPS) is 11.9. The molecule has 0 amide bonds. The van der Waals surface area contributed by atoms with Gasteiger partial charge >= 0.3 is 11.9 Å². The number of carbonyl (C=O) groups excluding carboxylic acids is 3. The summed E-state index contributed by atoms with van der Waals surface area (Å²) in [4.78, 5) is 31.9. The minimum Gasteiger partial charge on any atom is -0.391 e. The summed E-state index contributed by atoms with van der Waals surface area (Å²) in [5.74, 6) is -2.32. The fourth-order valence-corrected chi connectivity index (χ4v) is 0.586. The molecule has 0 aromatic heterocycles. The summed E-state index contributed by atoms with van der Waals surface area (Å²) < 4.78 is 4.17. The van der Waals surface area contributed by atoms with Crippen LogP contribution in [0.15, 0.2) is 0 Å². The van der Waals surface area contributed by atoms with E-state index in [0.717, 1.165) is 0 Å². The van der Waals surface area contributed by atoms with E-state index in [0.29, 0.717) is 0 Å². The van der Waals surface area contributed by atoms with Crippen molar-refractivity contribution in [1.29, 1.82) is 0 Å². The molecular formula is C8H12O5. The second kappa shape index (κ2) is 5.42. The van der Waals surface area contributed by atoms with Crippen LogP contribution >= 0.6 is 0 Å². The summed E-state index contributed by atoms with van der Waals surface area (Å²) in [7, 11) is 0. The Bertz CT molecular complexity index is 221. The molecule has 74 valence electrons. The average molecular weight is 188 g/mol. The molecule has 0 rings (SSSR count). The number of carbonyl (C=O) groups is 3. The van der Waals surface area contributed by atoms with Gasteiger partial charge in [-0.2, -0.15) is 0 Å². The maximum atomic E-state index is 10.8. The molecule has 13 heavy (non-hydrogen) atoms. The third-order valence-corrected chi connectivity index (χ3v) is 1.27. The summed E-state index contributed by atoms with van der Waals surface area (Å²) >= 11 is 0. The van der Waals surface area contributed by atoms with Gasteiger partial charge in [0.2, 0.25) is 0 Å². The van der Waals surface area contributed by atoms with Gasteiger partial charge < -0.3 is 9.84 Å². The minimum atomic E-state index is -1.30. The van der Waals surface area contributed by atoms with E-state index in [9.17, 15) is 14.4 Å². The Morgan fingerprint density at radius 1 is 1.38 bits per heavy atom. The number of aliphatic hydroxyl groups excluding tert-OH is 1. The van der Waals surface area contributed by atoms with Crippen LogP contribution in [0.4, 0.5) is 0 Å². The third-order valence-electron chi connectivity index (χ3n) is 1.27. The van der Waals surface area contributed by atoms with E-state index in [2.05, 4.69) is 4.74 Å². The summed E-state index contributed by atoms with van der Waals surface area (Å²) in [6.45, 7) is 2.78. The van der Waals surface area contributed by atoms with Crippen molar-refractivity contribution >= 4 is 17.7 Å². The van der Waals surface area contributed by atoms with Gasteiger partial charge in [0.1, 0.15) is 12.2 Å². The maximum absolute atomic E-state index is 10.8. The first-order chi connectivity index (χ1) is 5.97. The number of hydrogen-bond donors (Lipinski definition) is 1. The van der Waals surface area contributed by atoms with Crippen molar-refractivity contribution in [2.24, 2.45) is 0 Å². The summed E-state index contributed by atoms with van der Waals surface area (Å²) in [6, 6.07) is 0. The molecule has 0 aliphatic carbocycles. The Hall–Kier alpha value is -1.23. The molecule has 0 aliphatic rings. The van der Waals surface area contributed by atoms with Gasteiger partial charge in [0.25, 0.3) is 0 Å². The number of rotatable bonds is 4. The Kier molecular flexibility index (Phi) is 4.91. The smallest absolute Gasteiger partial charge is 0.342 e. The van der Waals surface area contributed by atoms with E-state index in [1.807, 2.05) is 0 Å². The van der Waals surface area contributed by atoms with E-state index in [1.165, 1.54) is 6.92 Å². The highest BCUT2D eigenvalue weighted by molar-refractivity contribution is 5.98. The zero-order valence-corrected chi connectivity index (χ0v) is 7.57. The van der Waals surface area contributed by atoms with Gasteiger partial charge in [0, 0.05) is 0 Å². The van der Waals surface area contributed by atoms with Crippen molar-refractivity contribution in [2.45, 2.75) is 32.8 Å². The van der Waals surface area contributed by atoms with Gasteiger partial charge in [-0.25, -0.2) is 4.79 Å². The minimum absolute atomic E-state index is 0.173. The van der Waals surface area contributed by atoms with Gasteiger partial charge in [-0.1, -0.05) is 6.92 Å². The lowest BCUT2D eigenvalue weighted by Crippen LogP contribution is -2.25. The van der Waals surface area contributed by atoms with Gasteiger partial charge in [-0.15, -0.1) is 0 Å². The molecule has 0 aromatic carbocycles. The largest absolute Gasteiger partial charge is 0.391 e. The molecule has 0 bridgehead atoms. The lowest BCUT2D eigenvalue weighted by molar-refractivity contribution is -0.166. The summed E-state index contributed by atoms with van der Waals surface area (Å²) in [5.41, 5.74) is 0. The van der Waals surface area contributed by atoms with Crippen LogP contribution in [0.3, 0.4) is 0 Å². The van der Waals surface area contributed by atoms with Gasteiger partial charge in [0.15, 0.2) is 6.10 Å². The maximum Gasteiger partial charge on any atom is 0.342 e. The third kappa shape index (κ3) is 5.08. The molecule has 1 unspecified atom stereocenters. The van der Waals surface area contributed by atoms with Gasteiger partial charge in [-0.3, -0.25) is 9.59 Å². The lowest BCUT2D eigenvalue weighted by atomic mass is 10.3. The highest BCUT2D eigenvalue weighted by Gasteiger charge is 2.18. The number of ether oxygens (including phenoxy) is 1. The predicted molar refractivity (Wildman–Crippen MR) is 42.7 cm³/mol. The van der Waals surface area contributed by atoms with E-state index >= 15 is 0 Å². The molecule has 0 saturated heterocycles. The monoisotopic (exact) mass is 188 g/mol. The highest BCUT2D eigenvalue weighted by Crippen LogP contribution is 1.96. The Balaban J connectivity index is 3.92. The molecule has 1 N–H and O–H groups in total. The van der Waals surface area contributed by atoms with Gasteiger partial charge in [-0.05, 0) is 13.3 Å². The number of aliphatic hydroxyl groups is 1. The first-order valence-electron chi connectivity index (χ1n) is 3.89. The van der Waals surface area contributed by atoms with Crippen LogP contribution in [0, 0.1) is 0 Å². The van der Waals surface area contributed by atoms with Crippen LogP contribution in [-0.4, -0.2) is 28.9 Å². The second-order valence-corrected chi connectivity index (χ2v) is 2.60. The number of esters is 2. The molecule has 0 spiro atoms. The number of Topliss-reactive ketones (excluding diaryl/α,β-unsaturated/α-hetero) is 1. The summed E-state index contributed by atoms with van der Waals surface area (Å²) in [5, 5.41) is 8.90. The highest BCUT2D eigenvalue weighted by atomic mass is 16.6. The molecule has 0 heterocycles. The second-order valence-electron chi connectivity index (χ2n) is 2.60. The van der Waals surface area contributed by atoms with Crippen LogP contribution in [0.2, 0.25) is 0 Å². The van der Waals surface area contributed by atoms with Crippen molar-refractivity contribution in [3.05, 3.63) is 0 Å². The Labute approximate surface area is 75.7 Å². The van der Waals surface area contributed by atoms with Crippen LogP contribution in [0.25, 0.3) is 0 Å². The lowest BCUT2D eigenvalue weighted by Gasteiger charge is -2.05. The summed E-state index contributed by atoms with van der Waals surface area (Å²) in [6.07, 6.45) is -1.56. The van der Waals surface area contributed by atoms with Crippen molar-refractivity contribution in [1.82, 2.24) is 0 Å². The molecule has 5 nitrogen and oxygen atoms in total. The number of hydrogen-bond acceptors (Lipinski definition) is 5. The fraction of sp³-hybridized carbons (Fsp3) is 0.625. The predicted octanol–water partition coefficient (Wildman–Crippen LogP) is -0.194. The fourth-order valence-electron chi connectivity index (χ4n) is 0.586. The van der Waals surface area contributed by atoms with Crippen LogP contribution in [0.1, 0.15) is 26.7 Å². The Morgan fingerprint density at radius 2 is 1.92 bits per heavy atom. The topological polar surface area (TPSA) is 80.7 Å². The van der Waals surface area contributed by atoms with E-state index < -0.39 is 24.5 Å².